The minimum Gasteiger partial charge on any atom is -0.492 e. The third-order valence-electron chi connectivity index (χ3n) is 7.40. The molecular weight excluding hydrogens is 571 g/mol. The van der Waals surface area contributed by atoms with Gasteiger partial charge in [0, 0.05) is 41.3 Å². The molecule has 10 nitrogen and oxygen atoms in total. The molecule has 4 N–H and O–H groups in total. The number of likely N-dealkylation sites (N-methyl/N-ethyl adjacent to an activating group) is 1. The number of aromatic amines is 2. The summed E-state index contributed by atoms with van der Waals surface area (Å²) in [5.41, 5.74) is 6.59. The van der Waals surface area contributed by atoms with Crippen LogP contribution in [0.3, 0.4) is 0 Å². The molecule has 0 aliphatic carbocycles. The van der Waals surface area contributed by atoms with Crippen molar-refractivity contribution in [1.82, 2.24) is 35.0 Å². The van der Waals surface area contributed by atoms with Crippen molar-refractivity contribution in [3.8, 4) is 39.5 Å². The molecule has 0 amide bonds. The van der Waals surface area contributed by atoms with E-state index in [1.54, 1.807) is 24.8 Å². The van der Waals surface area contributed by atoms with E-state index in [1.807, 2.05) is 49.3 Å². The fraction of sp³-hybridized carbons (Fsp3) is 0.294. The average Bonchev–Trinajstić information content (AvgIpc) is 3.59. The van der Waals surface area contributed by atoms with Gasteiger partial charge in [0.15, 0.2) is 0 Å². The van der Waals surface area contributed by atoms with Crippen LogP contribution in [-0.4, -0.2) is 73.6 Å². The van der Waals surface area contributed by atoms with Crippen molar-refractivity contribution in [3.05, 3.63) is 73.1 Å². The summed E-state index contributed by atoms with van der Waals surface area (Å²) in [5, 5.41) is 23.0. The predicted molar refractivity (Wildman–Crippen MR) is 175 cm³/mol. The van der Waals surface area contributed by atoms with Crippen molar-refractivity contribution in [3.63, 3.8) is 0 Å². The summed E-state index contributed by atoms with van der Waals surface area (Å²) in [4.78, 5) is 18.9. The molecule has 0 spiro atoms. The Labute approximate surface area is 260 Å². The molecule has 0 bridgehead atoms. The average molecular weight is 609 g/mol. The Morgan fingerprint density at radius 3 is 2.64 bits per heavy atom. The topological polar surface area (TPSA) is 128 Å². The highest BCUT2D eigenvalue weighted by Gasteiger charge is 2.18. The predicted octanol–water partition coefficient (Wildman–Crippen LogP) is 6.48. The van der Waals surface area contributed by atoms with Gasteiger partial charge >= 0.3 is 0 Å². The van der Waals surface area contributed by atoms with E-state index >= 15 is 0 Å². The summed E-state index contributed by atoms with van der Waals surface area (Å²) in [6, 6.07) is 12.5. The van der Waals surface area contributed by atoms with E-state index < -0.39 is 6.23 Å². The summed E-state index contributed by atoms with van der Waals surface area (Å²) in [5.74, 6) is 0.104. The van der Waals surface area contributed by atoms with E-state index in [-0.39, 0.29) is 11.2 Å². The maximum absolute atomic E-state index is 14.7. The Hall–Kier alpha value is -4.87. The fourth-order valence-corrected chi connectivity index (χ4v) is 5.32. The molecule has 45 heavy (non-hydrogen) atoms. The summed E-state index contributed by atoms with van der Waals surface area (Å²) in [6.07, 6.45) is 6.76. The number of hydrogen-bond acceptors (Lipinski definition) is 8. The van der Waals surface area contributed by atoms with Crippen molar-refractivity contribution in [2.24, 2.45) is 5.41 Å². The number of anilines is 1. The first-order chi connectivity index (χ1) is 21.5. The molecule has 6 rings (SSSR count). The third kappa shape index (κ3) is 6.95. The Bertz CT molecular complexity index is 1960. The van der Waals surface area contributed by atoms with Gasteiger partial charge in [0.1, 0.15) is 35.7 Å². The van der Waals surface area contributed by atoms with Crippen LogP contribution in [0.5, 0.6) is 5.75 Å². The number of aliphatic hydroxyl groups is 1. The SMILES string of the molecule is CN(C)CCOc1cc(F)cc(-c2ccnc3[nH]c(-c4n[nH]c5cnc(-c6cncc(NC(O)CC(C)(C)C)c6)cc45)cc23)c1. The van der Waals surface area contributed by atoms with Crippen molar-refractivity contribution >= 4 is 27.6 Å². The minimum absolute atomic E-state index is 0.0267. The van der Waals surface area contributed by atoms with E-state index in [2.05, 4.69) is 56.2 Å². The van der Waals surface area contributed by atoms with Gasteiger partial charge in [0.05, 0.1) is 35.0 Å². The number of H-pyrrole nitrogens is 2. The second-order valence-corrected chi connectivity index (χ2v) is 12.7. The zero-order valence-corrected chi connectivity index (χ0v) is 26.0. The maximum atomic E-state index is 14.7. The lowest BCUT2D eigenvalue weighted by Crippen LogP contribution is -2.25. The van der Waals surface area contributed by atoms with Gasteiger partial charge in [-0.25, -0.2) is 9.37 Å². The number of nitrogens with one attached hydrogen (secondary N) is 3. The van der Waals surface area contributed by atoms with Gasteiger partial charge in [-0.2, -0.15) is 5.10 Å². The van der Waals surface area contributed by atoms with Crippen LogP contribution in [0.1, 0.15) is 27.2 Å². The van der Waals surface area contributed by atoms with Gasteiger partial charge in [0.25, 0.3) is 0 Å². The Morgan fingerprint density at radius 1 is 1.00 bits per heavy atom. The number of aromatic nitrogens is 6. The number of hydrogen-bond donors (Lipinski definition) is 4. The molecule has 5 heterocycles. The number of ether oxygens (including phenoxy) is 1. The molecular formula is C34H37FN8O2. The zero-order chi connectivity index (χ0) is 31.7. The Balaban J connectivity index is 1.32. The first-order valence-electron chi connectivity index (χ1n) is 14.8. The molecule has 0 fully saturated rings. The standard InChI is InChI=1S/C34H37FN8O2/c1-34(2,3)16-31(44)39-23-11-21(17-36-18-23)28-15-27-30(19-38-28)41-42-32(27)29-14-26-25(6-7-37-33(26)40-29)20-10-22(35)13-24(12-20)45-9-8-43(4)5/h6-7,10-15,17-19,31,39,44H,8-9,16H2,1-5H3,(H,37,40)(H,41,42). The summed E-state index contributed by atoms with van der Waals surface area (Å²) < 4.78 is 20.5. The second-order valence-electron chi connectivity index (χ2n) is 12.7. The van der Waals surface area contributed by atoms with Crippen LogP contribution >= 0.6 is 0 Å². The highest BCUT2D eigenvalue weighted by atomic mass is 19.1. The van der Waals surface area contributed by atoms with Crippen LogP contribution in [0.2, 0.25) is 0 Å². The molecule has 0 radical (unpaired) electrons. The number of halogens is 1. The number of benzene rings is 1. The molecule has 1 unspecified atom stereocenters. The molecule has 11 heteroatoms. The summed E-state index contributed by atoms with van der Waals surface area (Å²) in [7, 11) is 3.93. The molecule has 1 aromatic carbocycles. The third-order valence-corrected chi connectivity index (χ3v) is 7.40. The normalized spacial score (nSPS) is 12.7. The largest absolute Gasteiger partial charge is 0.492 e. The lowest BCUT2D eigenvalue weighted by atomic mass is 9.91. The Morgan fingerprint density at radius 2 is 1.84 bits per heavy atom. The maximum Gasteiger partial charge on any atom is 0.138 e. The van der Waals surface area contributed by atoms with E-state index in [1.165, 1.54) is 12.1 Å². The van der Waals surface area contributed by atoms with Crippen molar-refractivity contribution in [1.29, 1.82) is 0 Å². The molecule has 0 saturated carbocycles. The van der Waals surface area contributed by atoms with E-state index in [0.29, 0.717) is 47.1 Å². The lowest BCUT2D eigenvalue weighted by molar-refractivity contribution is 0.145. The zero-order valence-electron chi connectivity index (χ0n) is 26.0. The minimum atomic E-state index is -0.701. The quantitative estimate of drug-likeness (QED) is 0.130. The van der Waals surface area contributed by atoms with Crippen LogP contribution < -0.4 is 10.1 Å². The molecule has 6 aromatic rings. The fourth-order valence-electron chi connectivity index (χ4n) is 5.32. The molecule has 5 aromatic heterocycles. The number of rotatable bonds is 10. The first-order valence-corrected chi connectivity index (χ1v) is 14.8. The molecule has 1 atom stereocenters. The number of fused-ring (bicyclic) bond motifs is 2. The highest BCUT2D eigenvalue weighted by molar-refractivity contribution is 6.00. The van der Waals surface area contributed by atoms with Crippen LogP contribution in [0.4, 0.5) is 10.1 Å². The van der Waals surface area contributed by atoms with Crippen LogP contribution in [0.15, 0.2) is 67.3 Å². The Kier molecular flexibility index (Phi) is 8.22. The van der Waals surface area contributed by atoms with Gasteiger partial charge in [-0.15, -0.1) is 0 Å². The lowest BCUT2D eigenvalue weighted by Gasteiger charge is -2.23. The second kappa shape index (κ2) is 12.3. The van der Waals surface area contributed by atoms with E-state index in [4.69, 9.17) is 4.74 Å². The van der Waals surface area contributed by atoms with Gasteiger partial charge in [-0.05, 0) is 73.5 Å². The summed E-state index contributed by atoms with van der Waals surface area (Å²) >= 11 is 0. The van der Waals surface area contributed by atoms with E-state index in [9.17, 15) is 9.50 Å². The van der Waals surface area contributed by atoms with Crippen molar-refractivity contribution in [2.75, 3.05) is 32.6 Å². The van der Waals surface area contributed by atoms with Crippen molar-refractivity contribution in [2.45, 2.75) is 33.4 Å². The number of aliphatic hydroxyl groups excluding tert-OH is 1. The first kappa shape index (κ1) is 30.2. The molecule has 232 valence electrons. The van der Waals surface area contributed by atoms with Crippen molar-refractivity contribution < 1.29 is 14.2 Å². The van der Waals surface area contributed by atoms with Gasteiger partial charge in [0.2, 0.25) is 0 Å². The smallest absolute Gasteiger partial charge is 0.138 e. The van der Waals surface area contributed by atoms with Gasteiger partial charge < -0.3 is 25.0 Å². The van der Waals surface area contributed by atoms with Crippen LogP contribution in [0, 0.1) is 11.2 Å². The van der Waals surface area contributed by atoms with Crippen LogP contribution in [-0.2, 0) is 0 Å². The summed E-state index contributed by atoms with van der Waals surface area (Å²) in [6.45, 7) is 7.42. The van der Waals surface area contributed by atoms with Gasteiger partial charge in [-0.1, -0.05) is 20.8 Å². The van der Waals surface area contributed by atoms with Crippen LogP contribution in [0.25, 0.3) is 55.7 Å². The molecule has 0 saturated heterocycles. The molecule has 0 aliphatic rings. The monoisotopic (exact) mass is 608 g/mol. The van der Waals surface area contributed by atoms with E-state index in [0.717, 1.165) is 39.7 Å². The van der Waals surface area contributed by atoms with Gasteiger partial charge in [-0.3, -0.25) is 15.1 Å². The molecule has 0 aliphatic heterocycles. The highest BCUT2D eigenvalue weighted by Crippen LogP contribution is 2.35. The number of pyridine rings is 3. The number of nitrogens with zero attached hydrogens (tertiary/aromatic N) is 5.